The number of rotatable bonds is 12. The fraction of sp³-hybridized carbons (Fsp3) is 0.516. The van der Waals surface area contributed by atoms with Crippen LogP contribution in [-0.4, -0.2) is 71.4 Å². The largest absolute Gasteiger partial charge is 0.461 e. The number of ether oxygens (including phenoxy) is 1. The maximum Gasteiger partial charge on any atom is 0.306 e. The Balaban J connectivity index is 1.28. The topological polar surface area (TPSA) is 105 Å². The van der Waals surface area contributed by atoms with Gasteiger partial charge in [-0.25, -0.2) is 0 Å². The smallest absolute Gasteiger partial charge is 0.306 e. The molecule has 0 radical (unpaired) electrons. The molecule has 2 heterocycles. The number of piperidine rings is 1. The van der Waals surface area contributed by atoms with Gasteiger partial charge < -0.3 is 25.6 Å². The fourth-order valence-corrected chi connectivity index (χ4v) is 5.71. The van der Waals surface area contributed by atoms with Crippen LogP contribution in [0.2, 0.25) is 0 Å². The first-order chi connectivity index (χ1) is 18.9. The SMILES string of the molecule is CCCN1C(=O)[C@H](C(N)CCCC(=O)OCc2ccccc2)NC(=O)C12CCN(CCc1ccccc1)CC2. The molecule has 2 aromatic carbocycles. The van der Waals surface area contributed by atoms with Crippen molar-refractivity contribution >= 4 is 17.8 Å². The average Bonchev–Trinajstić information content (AvgIpc) is 2.97. The number of carbonyl (C=O) groups is 3. The molecule has 1 unspecified atom stereocenters. The molecule has 0 aromatic heterocycles. The van der Waals surface area contributed by atoms with Crippen molar-refractivity contribution in [3.8, 4) is 0 Å². The van der Waals surface area contributed by atoms with Crippen molar-refractivity contribution in [3.63, 3.8) is 0 Å². The molecule has 4 rings (SSSR count). The Morgan fingerprint density at radius 2 is 1.67 bits per heavy atom. The molecular weight excluding hydrogens is 492 g/mol. The van der Waals surface area contributed by atoms with Crippen LogP contribution in [0.3, 0.4) is 0 Å². The van der Waals surface area contributed by atoms with Crippen LogP contribution in [0.4, 0.5) is 0 Å². The van der Waals surface area contributed by atoms with Gasteiger partial charge in [0.05, 0.1) is 0 Å². The lowest BCUT2D eigenvalue weighted by molar-refractivity contribution is -0.162. The number of likely N-dealkylation sites (tertiary alicyclic amines) is 1. The van der Waals surface area contributed by atoms with Crippen LogP contribution in [0.1, 0.15) is 56.6 Å². The van der Waals surface area contributed by atoms with Crippen LogP contribution in [0.15, 0.2) is 60.7 Å². The number of hydrogen-bond donors (Lipinski definition) is 2. The van der Waals surface area contributed by atoms with Crippen molar-refractivity contribution < 1.29 is 19.1 Å². The van der Waals surface area contributed by atoms with Gasteiger partial charge in [-0.15, -0.1) is 0 Å². The van der Waals surface area contributed by atoms with Gasteiger partial charge in [-0.2, -0.15) is 0 Å². The minimum atomic E-state index is -0.812. The molecule has 2 aliphatic rings. The summed E-state index contributed by atoms with van der Waals surface area (Å²) >= 11 is 0. The maximum absolute atomic E-state index is 13.7. The van der Waals surface area contributed by atoms with Crippen molar-refractivity contribution in [1.29, 1.82) is 0 Å². The van der Waals surface area contributed by atoms with Gasteiger partial charge in [0.15, 0.2) is 0 Å². The van der Waals surface area contributed by atoms with E-state index < -0.39 is 17.6 Å². The van der Waals surface area contributed by atoms with Crippen molar-refractivity contribution in [2.75, 3.05) is 26.2 Å². The highest BCUT2D eigenvalue weighted by Gasteiger charge is 2.54. The second-order valence-corrected chi connectivity index (χ2v) is 10.8. The van der Waals surface area contributed by atoms with E-state index in [9.17, 15) is 14.4 Å². The summed E-state index contributed by atoms with van der Waals surface area (Å²) in [4.78, 5) is 43.6. The molecule has 3 N–H and O–H groups in total. The third-order valence-corrected chi connectivity index (χ3v) is 8.04. The fourth-order valence-electron chi connectivity index (χ4n) is 5.71. The zero-order valence-corrected chi connectivity index (χ0v) is 23.0. The van der Waals surface area contributed by atoms with Gasteiger partial charge in [0.25, 0.3) is 0 Å². The van der Waals surface area contributed by atoms with Gasteiger partial charge in [0.2, 0.25) is 11.8 Å². The minimum absolute atomic E-state index is 0.0963. The first-order valence-corrected chi connectivity index (χ1v) is 14.3. The Hall–Kier alpha value is -3.23. The molecule has 2 fully saturated rings. The van der Waals surface area contributed by atoms with E-state index in [1.165, 1.54) is 5.56 Å². The van der Waals surface area contributed by atoms with Crippen LogP contribution in [0.5, 0.6) is 0 Å². The standard InChI is InChI=1S/C31H42N4O4/c1-2-19-35-29(37)28(26(32)14-9-15-27(36)39-23-25-12-7-4-8-13-25)33-30(38)31(35)17-21-34(22-18-31)20-16-24-10-5-3-6-11-24/h3-8,10-13,26,28H,2,9,14-23,32H2,1H3,(H,33,38)/t26?,28-/m0/s1. The van der Waals surface area contributed by atoms with Gasteiger partial charge in [0.1, 0.15) is 18.2 Å². The predicted octanol–water partition coefficient (Wildman–Crippen LogP) is 3.04. The highest BCUT2D eigenvalue weighted by molar-refractivity contribution is 6.00. The average molecular weight is 535 g/mol. The van der Waals surface area contributed by atoms with Crippen molar-refractivity contribution in [2.24, 2.45) is 5.73 Å². The second kappa shape index (κ2) is 13.7. The lowest BCUT2D eigenvalue weighted by atomic mass is 9.80. The summed E-state index contributed by atoms with van der Waals surface area (Å²) in [6, 6.07) is 18.6. The van der Waals surface area contributed by atoms with Crippen molar-refractivity contribution in [3.05, 3.63) is 71.8 Å². The molecule has 0 bridgehead atoms. The Morgan fingerprint density at radius 1 is 1.03 bits per heavy atom. The monoisotopic (exact) mass is 534 g/mol. The number of nitrogens with one attached hydrogen (secondary N) is 1. The zero-order valence-electron chi connectivity index (χ0n) is 23.0. The summed E-state index contributed by atoms with van der Waals surface area (Å²) in [6.07, 6.45) is 4.13. The molecule has 2 aromatic rings. The van der Waals surface area contributed by atoms with Gasteiger partial charge in [0, 0.05) is 38.6 Å². The summed E-state index contributed by atoms with van der Waals surface area (Å²) in [7, 11) is 0. The number of nitrogens with zero attached hydrogens (tertiary/aromatic N) is 2. The van der Waals surface area contributed by atoms with E-state index in [2.05, 4.69) is 34.5 Å². The summed E-state index contributed by atoms with van der Waals surface area (Å²) < 4.78 is 5.34. The Kier molecular flexibility index (Phi) is 10.1. The lowest BCUT2D eigenvalue weighted by Gasteiger charge is -2.52. The van der Waals surface area contributed by atoms with E-state index in [-0.39, 0.29) is 30.8 Å². The third-order valence-electron chi connectivity index (χ3n) is 8.04. The minimum Gasteiger partial charge on any atom is -0.461 e. The van der Waals surface area contributed by atoms with E-state index in [1.807, 2.05) is 43.3 Å². The molecule has 8 heteroatoms. The lowest BCUT2D eigenvalue weighted by Crippen LogP contribution is -2.75. The third kappa shape index (κ3) is 7.25. The first kappa shape index (κ1) is 28.8. The molecule has 1 spiro atoms. The predicted molar refractivity (Wildman–Crippen MR) is 151 cm³/mol. The molecule has 210 valence electrons. The van der Waals surface area contributed by atoms with E-state index in [0.29, 0.717) is 32.2 Å². The summed E-state index contributed by atoms with van der Waals surface area (Å²) in [5.41, 5.74) is 7.85. The number of carbonyl (C=O) groups excluding carboxylic acids is 3. The van der Waals surface area contributed by atoms with Crippen LogP contribution in [0, 0.1) is 0 Å². The first-order valence-electron chi connectivity index (χ1n) is 14.3. The molecule has 0 aliphatic carbocycles. The van der Waals surface area contributed by atoms with Crippen LogP contribution < -0.4 is 11.1 Å². The van der Waals surface area contributed by atoms with Gasteiger partial charge in [-0.1, -0.05) is 67.6 Å². The van der Waals surface area contributed by atoms with Gasteiger partial charge in [-0.3, -0.25) is 14.4 Å². The molecule has 2 aliphatic heterocycles. The number of nitrogens with two attached hydrogens (primary N) is 1. The van der Waals surface area contributed by atoms with Crippen molar-refractivity contribution in [1.82, 2.24) is 15.1 Å². The second-order valence-electron chi connectivity index (χ2n) is 10.8. The van der Waals surface area contributed by atoms with Gasteiger partial charge in [-0.05, 0) is 49.7 Å². The van der Waals surface area contributed by atoms with Crippen LogP contribution >= 0.6 is 0 Å². The Bertz CT molecular complexity index is 1090. The Labute approximate surface area is 231 Å². The number of benzene rings is 2. The highest BCUT2D eigenvalue weighted by atomic mass is 16.5. The van der Waals surface area contributed by atoms with E-state index in [1.54, 1.807) is 4.90 Å². The quantitative estimate of drug-likeness (QED) is 0.406. The van der Waals surface area contributed by atoms with E-state index >= 15 is 0 Å². The van der Waals surface area contributed by atoms with E-state index in [0.717, 1.165) is 38.0 Å². The number of hydrogen-bond acceptors (Lipinski definition) is 6. The molecular formula is C31H42N4O4. The number of amides is 2. The van der Waals surface area contributed by atoms with Crippen molar-refractivity contribution in [2.45, 2.75) is 76.1 Å². The number of esters is 1. The zero-order chi connectivity index (χ0) is 27.7. The van der Waals surface area contributed by atoms with E-state index in [4.69, 9.17) is 10.5 Å². The van der Waals surface area contributed by atoms with Crippen LogP contribution in [0.25, 0.3) is 0 Å². The maximum atomic E-state index is 13.7. The van der Waals surface area contributed by atoms with Gasteiger partial charge >= 0.3 is 5.97 Å². The highest BCUT2D eigenvalue weighted by Crippen LogP contribution is 2.34. The Morgan fingerprint density at radius 3 is 2.31 bits per heavy atom. The molecule has 8 nitrogen and oxygen atoms in total. The summed E-state index contributed by atoms with van der Waals surface area (Å²) in [5, 5.41) is 2.98. The normalized spacial score (nSPS) is 20.1. The number of piperazine rings is 1. The molecule has 2 atom stereocenters. The van der Waals surface area contributed by atoms with Crippen LogP contribution in [-0.2, 0) is 32.1 Å². The molecule has 0 saturated carbocycles. The summed E-state index contributed by atoms with van der Waals surface area (Å²) in [6.45, 7) is 5.28. The molecule has 2 amide bonds. The summed E-state index contributed by atoms with van der Waals surface area (Å²) in [5.74, 6) is -0.495. The molecule has 39 heavy (non-hydrogen) atoms. The molecule has 2 saturated heterocycles.